The van der Waals surface area contributed by atoms with E-state index < -0.39 is 17.5 Å². The Morgan fingerprint density at radius 3 is 2.20 bits per heavy atom. The fourth-order valence-electron chi connectivity index (χ4n) is 1.52. The fourth-order valence-corrected chi connectivity index (χ4v) is 2.60. The van der Waals surface area contributed by atoms with E-state index in [-0.39, 0.29) is 25.8 Å². The summed E-state index contributed by atoms with van der Waals surface area (Å²) in [6.45, 7) is 0. The molecule has 0 aromatic heterocycles. The number of benzene rings is 2. The minimum absolute atomic E-state index is 0.0263. The second-order valence-electron chi connectivity index (χ2n) is 3.82. The average Bonchev–Trinajstić information content (AvgIpc) is 2.33. The van der Waals surface area contributed by atoms with Crippen LogP contribution in [0.5, 0.6) is 0 Å². The van der Waals surface area contributed by atoms with E-state index in [4.69, 9.17) is 23.2 Å². The molecule has 0 spiro atoms. The smallest absolute Gasteiger partial charge is 0.256 e. The number of halogens is 5. The van der Waals surface area contributed by atoms with Gasteiger partial charge in [0.15, 0.2) is 0 Å². The number of carbonyl (C=O) groups is 1. The van der Waals surface area contributed by atoms with Gasteiger partial charge in [-0.25, -0.2) is 8.78 Å². The van der Waals surface area contributed by atoms with Crippen LogP contribution in [-0.4, -0.2) is 5.91 Å². The van der Waals surface area contributed by atoms with Crippen LogP contribution in [0, 0.1) is 11.6 Å². The van der Waals surface area contributed by atoms with Gasteiger partial charge >= 0.3 is 0 Å². The summed E-state index contributed by atoms with van der Waals surface area (Å²) in [5.41, 5.74) is 0.291. The maximum Gasteiger partial charge on any atom is 0.256 e. The Bertz CT molecular complexity index is 671. The van der Waals surface area contributed by atoms with Crippen molar-refractivity contribution in [1.29, 1.82) is 0 Å². The summed E-state index contributed by atoms with van der Waals surface area (Å²) >= 11 is 14.7. The zero-order valence-electron chi connectivity index (χ0n) is 9.68. The molecule has 0 saturated carbocycles. The third kappa shape index (κ3) is 3.29. The van der Waals surface area contributed by atoms with Gasteiger partial charge in [0.1, 0.15) is 11.6 Å². The molecule has 2 nitrogen and oxygen atoms in total. The van der Waals surface area contributed by atoms with Crippen LogP contribution in [0.15, 0.2) is 34.8 Å². The first-order valence-corrected chi connectivity index (χ1v) is 6.84. The Morgan fingerprint density at radius 2 is 1.65 bits per heavy atom. The van der Waals surface area contributed by atoms with Gasteiger partial charge in [-0.1, -0.05) is 23.2 Å². The molecule has 20 heavy (non-hydrogen) atoms. The molecule has 0 radical (unpaired) electrons. The molecular weight excluding hydrogens is 375 g/mol. The summed E-state index contributed by atoms with van der Waals surface area (Å²) in [5, 5.41) is 2.41. The standard InChI is InChI=1S/C13H6BrCl2F2NO/c14-9-3-6(17)1-2-8(9)13(20)19-12-10(15)4-7(18)5-11(12)16/h1-5H,(H,19,20). The molecule has 7 heteroatoms. The van der Waals surface area contributed by atoms with Gasteiger partial charge in [0.05, 0.1) is 21.3 Å². The van der Waals surface area contributed by atoms with Gasteiger partial charge in [-0.05, 0) is 46.3 Å². The highest BCUT2D eigenvalue weighted by Gasteiger charge is 2.15. The maximum atomic E-state index is 13.0. The molecular formula is C13H6BrCl2F2NO. The lowest BCUT2D eigenvalue weighted by atomic mass is 10.2. The molecule has 2 aromatic rings. The van der Waals surface area contributed by atoms with Crippen LogP contribution >= 0.6 is 39.1 Å². The van der Waals surface area contributed by atoms with Gasteiger partial charge in [-0.15, -0.1) is 0 Å². The second kappa shape index (κ2) is 6.08. The van der Waals surface area contributed by atoms with Crippen molar-refractivity contribution in [2.75, 3.05) is 5.32 Å². The van der Waals surface area contributed by atoms with E-state index in [1.807, 2.05) is 0 Å². The summed E-state index contributed by atoms with van der Waals surface area (Å²) < 4.78 is 26.3. The van der Waals surface area contributed by atoms with Crippen molar-refractivity contribution in [3.63, 3.8) is 0 Å². The molecule has 2 aromatic carbocycles. The predicted molar refractivity (Wildman–Crippen MR) is 78.5 cm³/mol. The van der Waals surface area contributed by atoms with Gasteiger partial charge < -0.3 is 5.32 Å². The number of hydrogen-bond acceptors (Lipinski definition) is 1. The molecule has 0 saturated heterocycles. The van der Waals surface area contributed by atoms with Crippen molar-refractivity contribution >= 4 is 50.7 Å². The number of rotatable bonds is 2. The lowest BCUT2D eigenvalue weighted by Gasteiger charge is -2.10. The van der Waals surface area contributed by atoms with Crippen molar-refractivity contribution in [3.05, 3.63) is 62.0 Å². The monoisotopic (exact) mass is 379 g/mol. The zero-order chi connectivity index (χ0) is 14.9. The molecule has 104 valence electrons. The molecule has 0 aliphatic heterocycles. The first-order valence-electron chi connectivity index (χ1n) is 5.29. The number of anilines is 1. The third-order valence-corrected chi connectivity index (χ3v) is 3.67. The number of hydrogen-bond donors (Lipinski definition) is 1. The number of carbonyl (C=O) groups excluding carboxylic acids is 1. The van der Waals surface area contributed by atoms with Crippen molar-refractivity contribution in [2.45, 2.75) is 0 Å². The van der Waals surface area contributed by atoms with Gasteiger partial charge in [0, 0.05) is 4.47 Å². The van der Waals surface area contributed by atoms with E-state index in [9.17, 15) is 13.6 Å². The minimum Gasteiger partial charge on any atom is -0.319 e. The van der Waals surface area contributed by atoms with Crippen LogP contribution in [-0.2, 0) is 0 Å². The highest BCUT2D eigenvalue weighted by Crippen LogP contribution is 2.32. The van der Waals surface area contributed by atoms with Crippen LogP contribution in [0.1, 0.15) is 10.4 Å². The van der Waals surface area contributed by atoms with E-state index in [0.717, 1.165) is 24.3 Å². The van der Waals surface area contributed by atoms with Crippen LogP contribution in [0.25, 0.3) is 0 Å². The largest absolute Gasteiger partial charge is 0.319 e. The number of nitrogens with one attached hydrogen (secondary N) is 1. The minimum atomic E-state index is -0.610. The first kappa shape index (κ1) is 15.2. The van der Waals surface area contributed by atoms with Crippen molar-refractivity contribution in [1.82, 2.24) is 0 Å². The molecule has 0 heterocycles. The quantitative estimate of drug-likeness (QED) is 0.753. The van der Waals surface area contributed by atoms with Crippen molar-refractivity contribution in [2.24, 2.45) is 0 Å². The normalized spacial score (nSPS) is 10.4. The Balaban J connectivity index is 2.33. The number of amides is 1. The lowest BCUT2D eigenvalue weighted by Crippen LogP contribution is -2.13. The second-order valence-corrected chi connectivity index (χ2v) is 5.49. The van der Waals surface area contributed by atoms with E-state index in [1.54, 1.807) is 0 Å². The summed E-state index contributed by atoms with van der Waals surface area (Å²) in [6.07, 6.45) is 0. The molecule has 0 bridgehead atoms. The van der Waals surface area contributed by atoms with Crippen molar-refractivity contribution < 1.29 is 13.6 Å². The van der Waals surface area contributed by atoms with E-state index >= 15 is 0 Å². The maximum absolute atomic E-state index is 13.0. The van der Waals surface area contributed by atoms with Crippen LogP contribution in [0.4, 0.5) is 14.5 Å². The van der Waals surface area contributed by atoms with Gasteiger partial charge in [0.2, 0.25) is 0 Å². The summed E-state index contributed by atoms with van der Waals surface area (Å²) in [4.78, 5) is 12.1. The predicted octanol–water partition coefficient (Wildman–Crippen LogP) is 5.29. The third-order valence-electron chi connectivity index (χ3n) is 2.42. The van der Waals surface area contributed by atoms with E-state index in [1.165, 1.54) is 6.07 Å². The summed E-state index contributed by atoms with van der Waals surface area (Å²) in [6, 6.07) is 5.67. The molecule has 0 aliphatic carbocycles. The average molecular weight is 381 g/mol. The fraction of sp³-hybridized carbons (Fsp3) is 0. The first-order chi connectivity index (χ1) is 9.38. The summed E-state index contributed by atoms with van der Waals surface area (Å²) in [5.74, 6) is -1.64. The topological polar surface area (TPSA) is 29.1 Å². The highest BCUT2D eigenvalue weighted by atomic mass is 79.9. The lowest BCUT2D eigenvalue weighted by molar-refractivity contribution is 0.102. The Kier molecular flexibility index (Phi) is 4.62. The van der Waals surface area contributed by atoms with Gasteiger partial charge in [-0.2, -0.15) is 0 Å². The van der Waals surface area contributed by atoms with Crippen LogP contribution in [0.2, 0.25) is 10.0 Å². The highest BCUT2D eigenvalue weighted by molar-refractivity contribution is 9.10. The Labute approximate surface area is 131 Å². The Hall–Kier alpha value is -1.17. The molecule has 2 rings (SSSR count). The van der Waals surface area contributed by atoms with E-state index in [2.05, 4.69) is 21.2 Å². The molecule has 0 atom stereocenters. The molecule has 0 aliphatic rings. The summed E-state index contributed by atoms with van der Waals surface area (Å²) in [7, 11) is 0. The SMILES string of the molecule is O=C(Nc1c(Cl)cc(F)cc1Cl)c1ccc(F)cc1Br. The van der Waals surface area contributed by atoms with E-state index in [0.29, 0.717) is 0 Å². The van der Waals surface area contributed by atoms with Gasteiger partial charge in [-0.3, -0.25) is 4.79 Å². The van der Waals surface area contributed by atoms with Crippen LogP contribution < -0.4 is 5.32 Å². The molecule has 0 unspecified atom stereocenters. The molecule has 1 amide bonds. The van der Waals surface area contributed by atoms with Crippen molar-refractivity contribution in [3.8, 4) is 0 Å². The zero-order valence-corrected chi connectivity index (χ0v) is 12.8. The Morgan fingerprint density at radius 1 is 1.05 bits per heavy atom. The molecule has 1 N–H and O–H groups in total. The van der Waals surface area contributed by atoms with Gasteiger partial charge in [0.25, 0.3) is 5.91 Å². The van der Waals surface area contributed by atoms with Crippen LogP contribution in [0.3, 0.4) is 0 Å². The molecule has 0 fully saturated rings.